The van der Waals surface area contributed by atoms with E-state index in [2.05, 4.69) is 0 Å². The number of nitrogens with two attached hydrogens (primary N) is 1. The monoisotopic (exact) mass is 250 g/mol. The summed E-state index contributed by atoms with van der Waals surface area (Å²) in [5, 5.41) is 0. The molecular formula is C13H18N2O3. The topological polar surface area (TPSA) is 64.8 Å². The molecule has 5 heteroatoms. The first-order chi connectivity index (χ1) is 8.63. The van der Waals surface area contributed by atoms with E-state index in [0.717, 1.165) is 0 Å². The van der Waals surface area contributed by atoms with E-state index in [1.54, 1.807) is 23.1 Å². The number of nitrogen functional groups attached to an aromatic ring is 1. The van der Waals surface area contributed by atoms with Crippen LogP contribution in [0.4, 0.5) is 5.69 Å². The number of ether oxygens (including phenoxy) is 2. The Bertz CT molecular complexity index is 448. The quantitative estimate of drug-likeness (QED) is 0.799. The van der Waals surface area contributed by atoms with Gasteiger partial charge in [0.05, 0.1) is 31.1 Å². The van der Waals surface area contributed by atoms with Crippen LogP contribution in [-0.2, 0) is 4.74 Å². The molecule has 0 aliphatic carbocycles. The highest BCUT2D eigenvalue weighted by molar-refractivity contribution is 5.98. The van der Waals surface area contributed by atoms with Gasteiger partial charge in [-0.25, -0.2) is 0 Å². The lowest BCUT2D eigenvalue weighted by Crippen LogP contribution is -2.44. The van der Waals surface area contributed by atoms with Crippen molar-refractivity contribution >= 4 is 11.6 Å². The zero-order valence-electron chi connectivity index (χ0n) is 10.7. The Hall–Kier alpha value is -1.75. The number of para-hydroxylation sites is 1. The van der Waals surface area contributed by atoms with Gasteiger partial charge in [-0.1, -0.05) is 6.07 Å². The van der Waals surface area contributed by atoms with Crippen molar-refractivity contribution in [2.75, 3.05) is 32.5 Å². The van der Waals surface area contributed by atoms with Gasteiger partial charge < -0.3 is 20.1 Å². The summed E-state index contributed by atoms with van der Waals surface area (Å²) >= 11 is 0. The molecule has 1 saturated heterocycles. The Morgan fingerprint density at radius 3 is 3.00 bits per heavy atom. The lowest BCUT2D eigenvalue weighted by atomic mass is 10.1. The largest absolute Gasteiger partial charge is 0.494 e. The summed E-state index contributed by atoms with van der Waals surface area (Å²) in [6, 6.07) is 5.21. The average Bonchev–Trinajstić information content (AvgIpc) is 2.37. The second-order valence-corrected chi connectivity index (χ2v) is 4.36. The van der Waals surface area contributed by atoms with Crippen molar-refractivity contribution in [3.63, 3.8) is 0 Å². The van der Waals surface area contributed by atoms with Crippen molar-refractivity contribution in [2.24, 2.45) is 0 Å². The zero-order chi connectivity index (χ0) is 13.1. The predicted octanol–water partition coefficient (Wildman–Crippen LogP) is 1.14. The number of morpholine rings is 1. The summed E-state index contributed by atoms with van der Waals surface area (Å²) in [4.78, 5) is 14.2. The molecule has 1 heterocycles. The summed E-state index contributed by atoms with van der Waals surface area (Å²) in [5.74, 6) is 0.385. The molecule has 18 heavy (non-hydrogen) atoms. The molecule has 0 spiro atoms. The lowest BCUT2D eigenvalue weighted by molar-refractivity contribution is -0.0125. The van der Waals surface area contributed by atoms with Crippen LogP contribution < -0.4 is 10.5 Å². The SMILES string of the molecule is COc1c(N)cccc1C(=O)N1CCOC(C)C1. The fraction of sp³-hybridized carbons (Fsp3) is 0.462. The molecule has 2 rings (SSSR count). The first kappa shape index (κ1) is 12.7. The second kappa shape index (κ2) is 5.27. The van der Waals surface area contributed by atoms with E-state index < -0.39 is 0 Å². The number of methoxy groups -OCH3 is 1. The van der Waals surface area contributed by atoms with E-state index in [9.17, 15) is 4.79 Å². The maximum Gasteiger partial charge on any atom is 0.257 e. The number of anilines is 1. The van der Waals surface area contributed by atoms with E-state index in [-0.39, 0.29) is 12.0 Å². The summed E-state index contributed by atoms with van der Waals surface area (Å²) in [6.07, 6.45) is 0.0646. The van der Waals surface area contributed by atoms with Gasteiger partial charge in [0.1, 0.15) is 0 Å². The van der Waals surface area contributed by atoms with E-state index in [0.29, 0.717) is 36.7 Å². The average molecular weight is 250 g/mol. The van der Waals surface area contributed by atoms with Gasteiger partial charge in [0, 0.05) is 13.1 Å². The first-order valence-electron chi connectivity index (χ1n) is 5.97. The Morgan fingerprint density at radius 1 is 1.56 bits per heavy atom. The van der Waals surface area contributed by atoms with Crippen molar-refractivity contribution in [2.45, 2.75) is 13.0 Å². The van der Waals surface area contributed by atoms with E-state index >= 15 is 0 Å². The summed E-state index contributed by atoms with van der Waals surface area (Å²) < 4.78 is 10.6. The molecule has 0 bridgehead atoms. The van der Waals surface area contributed by atoms with Gasteiger partial charge in [0.25, 0.3) is 5.91 Å². The third-order valence-electron chi connectivity index (χ3n) is 3.01. The zero-order valence-corrected chi connectivity index (χ0v) is 10.7. The highest BCUT2D eigenvalue weighted by atomic mass is 16.5. The van der Waals surface area contributed by atoms with Gasteiger partial charge in [-0.2, -0.15) is 0 Å². The van der Waals surface area contributed by atoms with Crippen LogP contribution >= 0.6 is 0 Å². The standard InChI is InChI=1S/C13H18N2O3/c1-9-8-15(6-7-18-9)13(16)10-4-3-5-11(14)12(10)17-2/h3-5,9H,6-8,14H2,1-2H3. The third-order valence-corrected chi connectivity index (χ3v) is 3.01. The molecular weight excluding hydrogens is 232 g/mol. The highest BCUT2D eigenvalue weighted by Gasteiger charge is 2.25. The number of rotatable bonds is 2. The molecule has 1 amide bonds. The fourth-order valence-corrected chi connectivity index (χ4v) is 2.12. The van der Waals surface area contributed by atoms with E-state index in [4.69, 9.17) is 15.2 Å². The van der Waals surface area contributed by atoms with Crippen LogP contribution in [0.3, 0.4) is 0 Å². The minimum Gasteiger partial charge on any atom is -0.494 e. The second-order valence-electron chi connectivity index (χ2n) is 4.36. The van der Waals surface area contributed by atoms with Crippen molar-refractivity contribution in [3.05, 3.63) is 23.8 Å². The lowest BCUT2D eigenvalue weighted by Gasteiger charge is -2.31. The molecule has 1 aliphatic rings. The molecule has 1 aliphatic heterocycles. The highest BCUT2D eigenvalue weighted by Crippen LogP contribution is 2.27. The molecule has 0 aromatic heterocycles. The van der Waals surface area contributed by atoms with Crippen molar-refractivity contribution in [1.82, 2.24) is 4.90 Å². The molecule has 1 fully saturated rings. The molecule has 1 unspecified atom stereocenters. The van der Waals surface area contributed by atoms with Crippen molar-refractivity contribution < 1.29 is 14.3 Å². The van der Waals surface area contributed by atoms with Crippen LogP contribution in [0.25, 0.3) is 0 Å². The van der Waals surface area contributed by atoms with Crippen LogP contribution in [0.5, 0.6) is 5.75 Å². The molecule has 2 N–H and O–H groups in total. The van der Waals surface area contributed by atoms with Gasteiger partial charge in [0.15, 0.2) is 5.75 Å². The smallest absolute Gasteiger partial charge is 0.257 e. The summed E-state index contributed by atoms with van der Waals surface area (Å²) in [6.45, 7) is 3.71. The Morgan fingerprint density at radius 2 is 2.33 bits per heavy atom. The molecule has 1 atom stereocenters. The fourth-order valence-electron chi connectivity index (χ4n) is 2.12. The van der Waals surface area contributed by atoms with Crippen LogP contribution in [0.15, 0.2) is 18.2 Å². The molecule has 5 nitrogen and oxygen atoms in total. The van der Waals surface area contributed by atoms with Gasteiger partial charge in [-0.3, -0.25) is 4.79 Å². The van der Waals surface area contributed by atoms with Gasteiger partial charge >= 0.3 is 0 Å². The predicted molar refractivity (Wildman–Crippen MR) is 68.7 cm³/mol. The maximum absolute atomic E-state index is 12.4. The molecule has 0 saturated carbocycles. The van der Waals surface area contributed by atoms with Crippen LogP contribution in [0.2, 0.25) is 0 Å². The minimum atomic E-state index is -0.0608. The number of nitrogens with zero attached hydrogens (tertiary/aromatic N) is 1. The third kappa shape index (κ3) is 2.41. The van der Waals surface area contributed by atoms with Gasteiger partial charge in [0.2, 0.25) is 0 Å². The molecule has 0 radical (unpaired) electrons. The Kier molecular flexibility index (Phi) is 3.72. The summed E-state index contributed by atoms with van der Waals surface area (Å²) in [5.41, 5.74) is 6.79. The van der Waals surface area contributed by atoms with Crippen LogP contribution in [0.1, 0.15) is 17.3 Å². The molecule has 98 valence electrons. The van der Waals surface area contributed by atoms with E-state index in [1.165, 1.54) is 7.11 Å². The number of carbonyl (C=O) groups excluding carboxylic acids is 1. The normalized spacial score (nSPS) is 19.7. The number of hydrogen-bond acceptors (Lipinski definition) is 4. The number of carbonyl (C=O) groups is 1. The van der Waals surface area contributed by atoms with Crippen LogP contribution in [-0.4, -0.2) is 43.7 Å². The van der Waals surface area contributed by atoms with Crippen molar-refractivity contribution in [1.29, 1.82) is 0 Å². The first-order valence-corrected chi connectivity index (χ1v) is 5.97. The number of benzene rings is 1. The maximum atomic E-state index is 12.4. The van der Waals surface area contributed by atoms with Crippen LogP contribution in [0, 0.1) is 0 Å². The van der Waals surface area contributed by atoms with Crippen molar-refractivity contribution in [3.8, 4) is 5.75 Å². The molecule has 1 aromatic rings. The minimum absolute atomic E-state index is 0.0608. The number of amides is 1. The number of hydrogen-bond donors (Lipinski definition) is 1. The van der Waals surface area contributed by atoms with Gasteiger partial charge in [-0.15, -0.1) is 0 Å². The summed E-state index contributed by atoms with van der Waals surface area (Å²) in [7, 11) is 1.52. The Labute approximate surface area is 106 Å². The Balaban J connectivity index is 2.25. The van der Waals surface area contributed by atoms with Gasteiger partial charge in [-0.05, 0) is 19.1 Å². The van der Waals surface area contributed by atoms with E-state index in [1.807, 2.05) is 6.92 Å². The molecule has 1 aromatic carbocycles.